The van der Waals surface area contributed by atoms with Gasteiger partial charge in [-0.3, -0.25) is 4.79 Å². The van der Waals surface area contributed by atoms with Crippen molar-refractivity contribution in [2.24, 2.45) is 5.92 Å². The third kappa shape index (κ3) is 4.22. The van der Waals surface area contributed by atoms with E-state index < -0.39 is 0 Å². The number of anilines is 1. The van der Waals surface area contributed by atoms with Crippen LogP contribution in [-0.2, 0) is 4.79 Å². The molecule has 19 heavy (non-hydrogen) atoms. The smallest absolute Gasteiger partial charge is 0.238 e. The topological polar surface area (TPSA) is 70.6 Å². The maximum atomic E-state index is 11.7. The van der Waals surface area contributed by atoms with Crippen molar-refractivity contribution in [2.75, 3.05) is 25.5 Å². The Bertz CT molecular complexity index is 413. The molecule has 1 saturated carbocycles. The number of aliphatic hydroxyl groups excluding tert-OH is 1. The van der Waals surface area contributed by atoms with E-state index in [4.69, 9.17) is 9.84 Å². The van der Waals surface area contributed by atoms with Crippen molar-refractivity contribution in [1.82, 2.24) is 5.32 Å². The molecule has 0 aliphatic heterocycles. The van der Waals surface area contributed by atoms with Crippen molar-refractivity contribution in [3.8, 4) is 5.75 Å². The molecule has 0 aromatic heterocycles. The Kier molecular flexibility index (Phi) is 4.76. The fourth-order valence-electron chi connectivity index (χ4n) is 2.14. The summed E-state index contributed by atoms with van der Waals surface area (Å²) in [5, 5.41) is 15.1. The molecule has 0 saturated heterocycles. The number of hydrogen-bond acceptors (Lipinski definition) is 4. The normalized spacial score (nSPS) is 21.6. The summed E-state index contributed by atoms with van der Waals surface area (Å²) in [6.07, 6.45) is 1.54. The molecule has 0 unspecified atom stereocenters. The van der Waals surface area contributed by atoms with Gasteiger partial charge in [0.15, 0.2) is 0 Å². The van der Waals surface area contributed by atoms with Gasteiger partial charge in [0.2, 0.25) is 5.91 Å². The minimum absolute atomic E-state index is 0.0648. The van der Waals surface area contributed by atoms with E-state index in [-0.39, 0.29) is 12.0 Å². The number of amides is 1. The first-order chi connectivity index (χ1) is 9.17. The van der Waals surface area contributed by atoms with Crippen molar-refractivity contribution >= 4 is 11.6 Å². The van der Waals surface area contributed by atoms with E-state index in [2.05, 4.69) is 10.6 Å². The van der Waals surface area contributed by atoms with E-state index >= 15 is 0 Å². The number of carbonyl (C=O) groups is 1. The molecule has 1 aromatic rings. The third-order valence-electron chi connectivity index (χ3n) is 3.30. The molecule has 0 bridgehead atoms. The van der Waals surface area contributed by atoms with Crippen LogP contribution in [0.3, 0.4) is 0 Å². The molecule has 0 radical (unpaired) electrons. The fraction of sp³-hybridized carbons (Fsp3) is 0.500. The largest absolute Gasteiger partial charge is 0.497 e. The van der Waals surface area contributed by atoms with Gasteiger partial charge in [-0.2, -0.15) is 0 Å². The molecular weight excluding hydrogens is 244 g/mol. The molecule has 2 rings (SSSR count). The monoisotopic (exact) mass is 264 g/mol. The molecule has 3 N–H and O–H groups in total. The number of aliphatic hydroxyl groups is 1. The van der Waals surface area contributed by atoms with Crippen LogP contribution in [0.2, 0.25) is 0 Å². The summed E-state index contributed by atoms with van der Waals surface area (Å²) in [4.78, 5) is 11.7. The maximum absolute atomic E-state index is 11.7. The van der Waals surface area contributed by atoms with Crippen molar-refractivity contribution in [3.63, 3.8) is 0 Å². The molecule has 0 atom stereocenters. The van der Waals surface area contributed by atoms with Crippen LogP contribution in [0.15, 0.2) is 24.3 Å². The minimum atomic E-state index is -0.139. The van der Waals surface area contributed by atoms with Crippen LogP contribution in [0.4, 0.5) is 5.69 Å². The van der Waals surface area contributed by atoms with Gasteiger partial charge in [0.25, 0.3) is 0 Å². The molecule has 5 nitrogen and oxygen atoms in total. The van der Waals surface area contributed by atoms with Gasteiger partial charge in [0.05, 0.1) is 19.8 Å². The van der Waals surface area contributed by atoms with Crippen molar-refractivity contribution in [3.05, 3.63) is 24.3 Å². The van der Waals surface area contributed by atoms with Crippen LogP contribution in [0.5, 0.6) is 5.75 Å². The van der Waals surface area contributed by atoms with Crippen molar-refractivity contribution in [1.29, 1.82) is 0 Å². The van der Waals surface area contributed by atoms with E-state index in [1.54, 1.807) is 31.4 Å². The van der Waals surface area contributed by atoms with E-state index in [0.717, 1.165) is 30.8 Å². The first-order valence-electron chi connectivity index (χ1n) is 6.50. The number of nitrogens with one attached hydrogen (secondary N) is 2. The lowest BCUT2D eigenvalue weighted by molar-refractivity contribution is -0.115. The predicted octanol–water partition coefficient (Wildman–Crippen LogP) is 0.994. The number of hydrogen-bond donors (Lipinski definition) is 3. The lowest BCUT2D eigenvalue weighted by Gasteiger charge is -2.31. The lowest BCUT2D eigenvalue weighted by Crippen LogP contribution is -2.38. The number of benzene rings is 1. The molecule has 104 valence electrons. The molecule has 1 aromatic carbocycles. The van der Waals surface area contributed by atoms with Gasteiger partial charge in [-0.1, -0.05) is 0 Å². The molecule has 1 aliphatic carbocycles. The summed E-state index contributed by atoms with van der Waals surface area (Å²) in [5.74, 6) is 1.20. The summed E-state index contributed by atoms with van der Waals surface area (Å²) < 4.78 is 5.05. The summed E-state index contributed by atoms with van der Waals surface area (Å²) in [6, 6.07) is 7.22. The molecule has 1 fully saturated rings. The summed E-state index contributed by atoms with van der Waals surface area (Å²) in [6.45, 7) is 1.08. The standard InChI is InChI=1S/C14H20N2O3/c1-19-13-4-2-11(3-5-13)16-14(18)9-15-8-10-6-12(17)7-10/h2-5,10,12,15,17H,6-9H2,1H3,(H,16,18). The second-order valence-electron chi connectivity index (χ2n) is 4.90. The number of rotatable bonds is 6. The zero-order valence-corrected chi connectivity index (χ0v) is 11.1. The van der Waals surface area contributed by atoms with Crippen molar-refractivity contribution < 1.29 is 14.6 Å². The Labute approximate surface area is 113 Å². The first kappa shape index (κ1) is 13.8. The molecular formula is C14H20N2O3. The highest BCUT2D eigenvalue weighted by Gasteiger charge is 2.26. The summed E-state index contributed by atoms with van der Waals surface area (Å²) >= 11 is 0. The highest BCUT2D eigenvalue weighted by Crippen LogP contribution is 2.25. The van der Waals surface area contributed by atoms with Crippen LogP contribution in [0.25, 0.3) is 0 Å². The van der Waals surface area contributed by atoms with E-state index in [1.807, 2.05) is 0 Å². The average Bonchev–Trinajstić information content (AvgIpc) is 2.37. The number of ether oxygens (including phenoxy) is 1. The van der Waals surface area contributed by atoms with Crippen LogP contribution >= 0.6 is 0 Å². The predicted molar refractivity (Wildman–Crippen MR) is 73.2 cm³/mol. The average molecular weight is 264 g/mol. The zero-order chi connectivity index (χ0) is 13.7. The van der Waals surface area contributed by atoms with Gasteiger partial charge in [0.1, 0.15) is 5.75 Å². The Balaban J connectivity index is 1.65. The molecule has 0 spiro atoms. The summed E-state index contributed by atoms with van der Waals surface area (Å²) in [7, 11) is 1.61. The molecule has 0 heterocycles. The SMILES string of the molecule is COc1ccc(NC(=O)CNCC2CC(O)C2)cc1. The van der Waals surface area contributed by atoms with E-state index in [9.17, 15) is 4.79 Å². The first-order valence-corrected chi connectivity index (χ1v) is 6.50. The second-order valence-corrected chi connectivity index (χ2v) is 4.90. The zero-order valence-electron chi connectivity index (χ0n) is 11.1. The number of methoxy groups -OCH3 is 1. The van der Waals surface area contributed by atoms with Crippen LogP contribution in [0.1, 0.15) is 12.8 Å². The second kappa shape index (κ2) is 6.54. The van der Waals surface area contributed by atoms with Crippen LogP contribution in [0, 0.1) is 5.92 Å². The van der Waals surface area contributed by atoms with Gasteiger partial charge in [-0.15, -0.1) is 0 Å². The number of carbonyl (C=O) groups excluding carboxylic acids is 1. The van der Waals surface area contributed by atoms with Crippen molar-refractivity contribution in [2.45, 2.75) is 18.9 Å². The van der Waals surface area contributed by atoms with E-state index in [0.29, 0.717) is 12.5 Å². The van der Waals surface area contributed by atoms with Gasteiger partial charge < -0.3 is 20.5 Å². The highest BCUT2D eigenvalue weighted by atomic mass is 16.5. The fourth-order valence-corrected chi connectivity index (χ4v) is 2.14. The van der Waals surface area contributed by atoms with Crippen LogP contribution in [-0.4, -0.2) is 37.3 Å². The lowest BCUT2D eigenvalue weighted by atomic mass is 9.82. The Morgan fingerprint density at radius 3 is 2.63 bits per heavy atom. The highest BCUT2D eigenvalue weighted by molar-refractivity contribution is 5.92. The van der Waals surface area contributed by atoms with E-state index in [1.165, 1.54) is 0 Å². The summed E-state index contributed by atoms with van der Waals surface area (Å²) in [5.41, 5.74) is 0.756. The maximum Gasteiger partial charge on any atom is 0.238 e. The molecule has 1 amide bonds. The quantitative estimate of drug-likeness (QED) is 0.716. The Morgan fingerprint density at radius 1 is 1.37 bits per heavy atom. The van der Waals surface area contributed by atoms with Gasteiger partial charge in [-0.25, -0.2) is 0 Å². The third-order valence-corrected chi connectivity index (χ3v) is 3.30. The van der Waals surface area contributed by atoms with Crippen LogP contribution < -0.4 is 15.4 Å². The Hall–Kier alpha value is -1.59. The Morgan fingerprint density at radius 2 is 2.05 bits per heavy atom. The molecule has 5 heteroatoms. The van der Waals surface area contributed by atoms with Gasteiger partial charge >= 0.3 is 0 Å². The minimum Gasteiger partial charge on any atom is -0.497 e. The molecule has 1 aliphatic rings. The van der Waals surface area contributed by atoms with Gasteiger partial charge in [-0.05, 0) is 49.6 Å². The van der Waals surface area contributed by atoms with Gasteiger partial charge in [0, 0.05) is 5.69 Å².